The van der Waals surface area contributed by atoms with E-state index in [1.165, 1.54) is 10.9 Å². The van der Waals surface area contributed by atoms with Gasteiger partial charge in [0.2, 0.25) is 0 Å². The Bertz CT molecular complexity index is 1740. The topological polar surface area (TPSA) is 113 Å². The number of aryl methyl sites for hydroxylation is 1. The van der Waals surface area contributed by atoms with E-state index in [-0.39, 0.29) is 11.8 Å². The highest BCUT2D eigenvalue weighted by molar-refractivity contribution is 5.91. The molecule has 3 aromatic heterocycles. The molecule has 0 aliphatic rings. The molecular weight excluding hydrogens is 474 g/mol. The lowest BCUT2D eigenvalue weighted by Gasteiger charge is -2.16. The van der Waals surface area contributed by atoms with Crippen LogP contribution in [0.1, 0.15) is 18.2 Å². The van der Waals surface area contributed by atoms with Crippen molar-refractivity contribution in [3.8, 4) is 33.9 Å². The highest BCUT2D eigenvalue weighted by atomic mass is 16.5. The molecule has 3 aromatic carbocycles. The van der Waals surface area contributed by atoms with Gasteiger partial charge in [0.25, 0.3) is 0 Å². The number of hydrogen-bond acceptors (Lipinski definition) is 5. The maximum Gasteiger partial charge on any atom is 0.138 e. The highest BCUT2D eigenvalue weighted by Gasteiger charge is 2.17. The van der Waals surface area contributed by atoms with E-state index in [1.807, 2.05) is 48.7 Å². The number of fused-ring (bicyclic) bond motifs is 2. The fourth-order valence-electron chi connectivity index (χ4n) is 4.98. The molecule has 0 saturated heterocycles. The molecule has 7 nitrogen and oxygen atoms in total. The highest BCUT2D eigenvalue weighted by Crippen LogP contribution is 2.38. The molecule has 1 atom stereocenters. The second-order valence-electron chi connectivity index (χ2n) is 9.50. The molecule has 38 heavy (non-hydrogen) atoms. The summed E-state index contributed by atoms with van der Waals surface area (Å²) in [5.41, 5.74) is 13.9. The summed E-state index contributed by atoms with van der Waals surface area (Å²) in [6, 6.07) is 23.4. The van der Waals surface area contributed by atoms with Gasteiger partial charge in [-0.1, -0.05) is 43.3 Å². The molecule has 5 N–H and O–H groups in total. The SMILES string of the molecule is CCc1n[nH]c2ccc(-c3cc(OC[C@H](N)Cc4c[nH]c5ccccc45)cnc3-c3ccccc3O)cc12. The number of hydrogen-bond donors (Lipinski definition) is 4. The van der Waals surface area contributed by atoms with Crippen molar-refractivity contribution >= 4 is 21.8 Å². The van der Waals surface area contributed by atoms with Gasteiger partial charge >= 0.3 is 0 Å². The van der Waals surface area contributed by atoms with Crippen LogP contribution in [0.5, 0.6) is 11.5 Å². The molecule has 6 aromatic rings. The summed E-state index contributed by atoms with van der Waals surface area (Å²) in [4.78, 5) is 8.04. The van der Waals surface area contributed by atoms with Crippen molar-refractivity contribution in [3.05, 3.63) is 96.4 Å². The molecule has 0 saturated carbocycles. The summed E-state index contributed by atoms with van der Waals surface area (Å²) in [7, 11) is 0. The second kappa shape index (κ2) is 10.0. The summed E-state index contributed by atoms with van der Waals surface area (Å²) >= 11 is 0. The van der Waals surface area contributed by atoms with Crippen LogP contribution in [-0.2, 0) is 12.8 Å². The van der Waals surface area contributed by atoms with Crippen molar-refractivity contribution in [3.63, 3.8) is 0 Å². The number of rotatable bonds is 8. The molecule has 0 unspecified atom stereocenters. The van der Waals surface area contributed by atoms with E-state index in [1.54, 1.807) is 18.3 Å². The van der Waals surface area contributed by atoms with Gasteiger partial charge in [-0.3, -0.25) is 10.1 Å². The van der Waals surface area contributed by atoms with Gasteiger partial charge in [-0.2, -0.15) is 5.10 Å². The Labute approximate surface area is 220 Å². The van der Waals surface area contributed by atoms with Crippen LogP contribution in [-0.4, -0.2) is 37.9 Å². The van der Waals surface area contributed by atoms with E-state index in [9.17, 15) is 5.11 Å². The lowest BCUT2D eigenvalue weighted by Crippen LogP contribution is -2.30. The number of aromatic hydroxyl groups is 1. The van der Waals surface area contributed by atoms with Gasteiger partial charge in [-0.25, -0.2) is 0 Å². The number of phenolic OH excluding ortho intramolecular Hbond substituents is 1. The van der Waals surface area contributed by atoms with Crippen LogP contribution in [0.25, 0.3) is 44.2 Å². The Hall–Kier alpha value is -4.62. The molecule has 0 spiro atoms. The molecule has 3 heterocycles. The fourth-order valence-corrected chi connectivity index (χ4v) is 4.98. The maximum absolute atomic E-state index is 10.6. The third kappa shape index (κ3) is 4.48. The smallest absolute Gasteiger partial charge is 0.138 e. The van der Waals surface area contributed by atoms with Crippen molar-refractivity contribution in [1.29, 1.82) is 0 Å². The number of ether oxygens (including phenoxy) is 1. The van der Waals surface area contributed by atoms with Gasteiger partial charge in [0, 0.05) is 39.7 Å². The first-order valence-corrected chi connectivity index (χ1v) is 12.8. The molecule has 0 aliphatic heterocycles. The van der Waals surface area contributed by atoms with E-state index in [0.717, 1.165) is 39.7 Å². The Morgan fingerprint density at radius 3 is 2.66 bits per heavy atom. The van der Waals surface area contributed by atoms with Crippen LogP contribution in [0.15, 0.2) is 85.2 Å². The third-order valence-electron chi connectivity index (χ3n) is 6.93. The first-order valence-electron chi connectivity index (χ1n) is 12.8. The first-order chi connectivity index (χ1) is 18.6. The Morgan fingerprint density at radius 2 is 1.79 bits per heavy atom. The largest absolute Gasteiger partial charge is 0.507 e. The number of benzene rings is 3. The van der Waals surface area contributed by atoms with E-state index in [2.05, 4.69) is 40.3 Å². The molecule has 0 aliphatic carbocycles. The Balaban J connectivity index is 1.31. The third-order valence-corrected chi connectivity index (χ3v) is 6.93. The number of nitrogens with one attached hydrogen (secondary N) is 2. The van der Waals surface area contributed by atoms with Gasteiger partial charge in [0.1, 0.15) is 18.1 Å². The number of phenols is 1. The van der Waals surface area contributed by atoms with Crippen LogP contribution in [0.3, 0.4) is 0 Å². The van der Waals surface area contributed by atoms with E-state index in [0.29, 0.717) is 30.0 Å². The number of nitrogens with two attached hydrogens (primary N) is 1. The van der Waals surface area contributed by atoms with Crippen LogP contribution >= 0.6 is 0 Å². The minimum absolute atomic E-state index is 0.175. The minimum Gasteiger partial charge on any atom is -0.507 e. The van der Waals surface area contributed by atoms with Gasteiger partial charge in [-0.05, 0) is 60.4 Å². The normalized spacial score (nSPS) is 12.3. The van der Waals surface area contributed by atoms with Gasteiger partial charge in [-0.15, -0.1) is 0 Å². The molecule has 6 rings (SSSR count). The zero-order valence-corrected chi connectivity index (χ0v) is 21.1. The Morgan fingerprint density at radius 1 is 0.947 bits per heavy atom. The van der Waals surface area contributed by atoms with Crippen molar-refractivity contribution in [2.24, 2.45) is 5.73 Å². The number of nitrogens with zero attached hydrogens (tertiary/aromatic N) is 2. The van der Waals surface area contributed by atoms with Gasteiger partial charge < -0.3 is 20.6 Å². The van der Waals surface area contributed by atoms with Crippen LogP contribution < -0.4 is 10.5 Å². The molecule has 0 fully saturated rings. The second-order valence-corrected chi connectivity index (χ2v) is 9.50. The lowest BCUT2D eigenvalue weighted by molar-refractivity contribution is 0.287. The van der Waals surface area contributed by atoms with Crippen molar-refractivity contribution in [1.82, 2.24) is 20.2 Å². The summed E-state index contributed by atoms with van der Waals surface area (Å²) in [5.74, 6) is 0.797. The molecular formula is C31H29N5O2. The fraction of sp³-hybridized carbons (Fsp3) is 0.161. The van der Waals surface area contributed by atoms with Crippen molar-refractivity contribution in [2.75, 3.05) is 6.61 Å². The number of aromatic nitrogens is 4. The van der Waals surface area contributed by atoms with Crippen LogP contribution in [0.2, 0.25) is 0 Å². The number of pyridine rings is 1. The monoisotopic (exact) mass is 503 g/mol. The molecule has 7 heteroatoms. The minimum atomic E-state index is -0.190. The standard InChI is InChI=1S/C31H29N5O2/c1-2-27-26-14-19(11-12-29(26)36-35-27)25-15-22(17-34-31(25)24-8-4-6-10-30(24)37)38-18-21(32)13-20-16-33-28-9-5-3-7-23(20)28/h3-12,14-17,21,33,37H,2,13,18,32H2,1H3,(H,35,36)/t21-/m1/s1. The zero-order chi connectivity index (χ0) is 26.1. The predicted octanol–water partition coefficient (Wildman–Crippen LogP) is 5.99. The maximum atomic E-state index is 10.6. The van der Waals surface area contributed by atoms with Gasteiger partial charge in [0.15, 0.2) is 0 Å². The van der Waals surface area contributed by atoms with Crippen molar-refractivity contribution < 1.29 is 9.84 Å². The average Bonchev–Trinajstić information content (AvgIpc) is 3.55. The predicted molar refractivity (Wildman–Crippen MR) is 151 cm³/mol. The van der Waals surface area contributed by atoms with Crippen molar-refractivity contribution in [2.45, 2.75) is 25.8 Å². The summed E-state index contributed by atoms with van der Waals surface area (Å²) in [5, 5.41) is 20.4. The quantitative estimate of drug-likeness (QED) is 0.204. The molecule has 0 radical (unpaired) electrons. The molecule has 190 valence electrons. The summed E-state index contributed by atoms with van der Waals surface area (Å²) in [6.07, 6.45) is 5.22. The number of H-pyrrole nitrogens is 2. The lowest BCUT2D eigenvalue weighted by atomic mass is 9.97. The van der Waals surface area contributed by atoms with E-state index < -0.39 is 0 Å². The first kappa shape index (κ1) is 23.8. The summed E-state index contributed by atoms with van der Waals surface area (Å²) in [6.45, 7) is 2.43. The zero-order valence-electron chi connectivity index (χ0n) is 21.1. The average molecular weight is 504 g/mol. The molecule has 0 bridgehead atoms. The number of para-hydroxylation sites is 2. The van der Waals surface area contributed by atoms with Crippen LogP contribution in [0, 0.1) is 0 Å². The summed E-state index contributed by atoms with van der Waals surface area (Å²) < 4.78 is 6.15. The van der Waals surface area contributed by atoms with E-state index in [4.69, 9.17) is 15.5 Å². The molecule has 0 amide bonds. The van der Waals surface area contributed by atoms with Crippen LogP contribution in [0.4, 0.5) is 0 Å². The Kier molecular flexibility index (Phi) is 6.27. The van der Waals surface area contributed by atoms with E-state index >= 15 is 0 Å². The number of aromatic amines is 2. The van der Waals surface area contributed by atoms with Gasteiger partial charge in [0.05, 0.1) is 23.1 Å².